The second-order valence-electron chi connectivity index (χ2n) is 6.51. The summed E-state index contributed by atoms with van der Waals surface area (Å²) in [4.78, 5) is 0. The van der Waals surface area contributed by atoms with Crippen molar-refractivity contribution in [1.82, 2.24) is 5.32 Å². The summed E-state index contributed by atoms with van der Waals surface area (Å²) in [6.07, 6.45) is 10.5. The molecule has 0 aromatic rings. The van der Waals surface area contributed by atoms with Gasteiger partial charge in [-0.3, -0.25) is 0 Å². The summed E-state index contributed by atoms with van der Waals surface area (Å²) in [7, 11) is 3.92. The summed E-state index contributed by atoms with van der Waals surface area (Å²) in [6, 6.07) is 0.624. The van der Waals surface area contributed by atoms with E-state index >= 15 is 0 Å². The van der Waals surface area contributed by atoms with Crippen LogP contribution in [-0.2, 0) is 9.47 Å². The molecule has 0 amide bonds. The molecule has 0 aromatic heterocycles. The zero-order valence-corrected chi connectivity index (χ0v) is 12.9. The van der Waals surface area contributed by atoms with Crippen LogP contribution < -0.4 is 5.32 Å². The third-order valence-corrected chi connectivity index (χ3v) is 5.27. The SMILES string of the molecule is CNC(CCC(C)OC)C1CCOC2(CCCC2)C1. The minimum atomic E-state index is 0.241. The second kappa shape index (κ2) is 7.05. The Morgan fingerprint density at radius 1 is 1.32 bits per heavy atom. The largest absolute Gasteiger partial charge is 0.382 e. The molecule has 1 aliphatic heterocycles. The Hall–Kier alpha value is -0.120. The lowest BCUT2D eigenvalue weighted by atomic mass is 9.79. The van der Waals surface area contributed by atoms with E-state index in [1.165, 1.54) is 44.9 Å². The normalized spacial score (nSPS) is 29.5. The molecule has 19 heavy (non-hydrogen) atoms. The lowest BCUT2D eigenvalue weighted by Crippen LogP contribution is -2.45. The predicted molar refractivity (Wildman–Crippen MR) is 78.4 cm³/mol. The topological polar surface area (TPSA) is 30.5 Å². The van der Waals surface area contributed by atoms with Gasteiger partial charge in [0.1, 0.15) is 0 Å². The van der Waals surface area contributed by atoms with Gasteiger partial charge in [0.2, 0.25) is 0 Å². The zero-order valence-electron chi connectivity index (χ0n) is 12.9. The summed E-state index contributed by atoms with van der Waals surface area (Å²) < 4.78 is 11.5. The number of rotatable bonds is 6. The van der Waals surface area contributed by atoms with Crippen LogP contribution in [0.5, 0.6) is 0 Å². The maximum absolute atomic E-state index is 6.15. The van der Waals surface area contributed by atoms with E-state index in [1.807, 2.05) is 0 Å². The molecule has 3 nitrogen and oxygen atoms in total. The Morgan fingerprint density at radius 3 is 2.68 bits per heavy atom. The van der Waals surface area contributed by atoms with Gasteiger partial charge in [-0.15, -0.1) is 0 Å². The van der Waals surface area contributed by atoms with Gasteiger partial charge in [0.15, 0.2) is 0 Å². The van der Waals surface area contributed by atoms with Crippen LogP contribution in [0, 0.1) is 5.92 Å². The summed E-state index contributed by atoms with van der Waals surface area (Å²) >= 11 is 0. The first kappa shape index (κ1) is 15.3. The van der Waals surface area contributed by atoms with E-state index < -0.39 is 0 Å². The van der Waals surface area contributed by atoms with Crippen molar-refractivity contribution in [1.29, 1.82) is 0 Å². The minimum Gasteiger partial charge on any atom is -0.382 e. The molecule has 1 saturated heterocycles. The molecule has 1 heterocycles. The van der Waals surface area contributed by atoms with Crippen LogP contribution >= 0.6 is 0 Å². The van der Waals surface area contributed by atoms with Gasteiger partial charge in [-0.25, -0.2) is 0 Å². The van der Waals surface area contributed by atoms with Gasteiger partial charge in [0.05, 0.1) is 11.7 Å². The van der Waals surface area contributed by atoms with E-state index in [9.17, 15) is 0 Å². The van der Waals surface area contributed by atoms with Gasteiger partial charge in [0.25, 0.3) is 0 Å². The zero-order chi connectivity index (χ0) is 13.7. The van der Waals surface area contributed by atoms with E-state index in [2.05, 4.69) is 19.3 Å². The van der Waals surface area contributed by atoms with Gasteiger partial charge < -0.3 is 14.8 Å². The first-order valence-electron chi connectivity index (χ1n) is 8.03. The van der Waals surface area contributed by atoms with E-state index in [0.717, 1.165) is 18.9 Å². The van der Waals surface area contributed by atoms with Gasteiger partial charge in [0, 0.05) is 19.8 Å². The van der Waals surface area contributed by atoms with E-state index in [0.29, 0.717) is 12.1 Å². The third-order valence-electron chi connectivity index (χ3n) is 5.27. The van der Waals surface area contributed by atoms with E-state index in [-0.39, 0.29) is 5.60 Å². The number of hydrogen-bond donors (Lipinski definition) is 1. The highest BCUT2D eigenvalue weighted by atomic mass is 16.5. The molecule has 1 spiro atoms. The van der Waals surface area contributed by atoms with Crippen LogP contribution in [-0.4, -0.2) is 38.5 Å². The first-order chi connectivity index (χ1) is 9.19. The van der Waals surface area contributed by atoms with Crippen LogP contribution in [0.4, 0.5) is 0 Å². The highest BCUT2D eigenvalue weighted by Gasteiger charge is 2.41. The fourth-order valence-electron chi connectivity index (χ4n) is 3.92. The quantitative estimate of drug-likeness (QED) is 0.803. The average molecular weight is 269 g/mol. The molecule has 0 bridgehead atoms. The van der Waals surface area contributed by atoms with Crippen molar-refractivity contribution < 1.29 is 9.47 Å². The Bertz CT molecular complexity index is 263. The maximum Gasteiger partial charge on any atom is 0.0685 e. The van der Waals surface area contributed by atoms with Crippen LogP contribution in [0.1, 0.15) is 58.3 Å². The number of hydrogen-bond acceptors (Lipinski definition) is 3. The Balaban J connectivity index is 1.87. The van der Waals surface area contributed by atoms with Crippen LogP contribution in [0.25, 0.3) is 0 Å². The fraction of sp³-hybridized carbons (Fsp3) is 1.00. The first-order valence-corrected chi connectivity index (χ1v) is 8.03. The molecule has 3 heteroatoms. The molecule has 2 rings (SSSR count). The molecule has 3 atom stereocenters. The highest BCUT2D eigenvalue weighted by Crippen LogP contribution is 2.43. The predicted octanol–water partition coefficient (Wildman–Crippen LogP) is 3.13. The molecule has 1 aliphatic carbocycles. The summed E-state index contributed by atoms with van der Waals surface area (Å²) in [5.74, 6) is 0.779. The molecule has 0 radical (unpaired) electrons. The summed E-state index contributed by atoms with van der Waals surface area (Å²) in [6.45, 7) is 3.12. The van der Waals surface area contributed by atoms with E-state index in [1.54, 1.807) is 7.11 Å². The minimum absolute atomic E-state index is 0.241. The van der Waals surface area contributed by atoms with Crippen LogP contribution in [0.3, 0.4) is 0 Å². The molecule has 3 unspecified atom stereocenters. The highest BCUT2D eigenvalue weighted by molar-refractivity contribution is 4.94. The van der Waals surface area contributed by atoms with Crippen molar-refractivity contribution in [3.8, 4) is 0 Å². The van der Waals surface area contributed by atoms with E-state index in [4.69, 9.17) is 9.47 Å². The molecular formula is C16H31NO2. The van der Waals surface area contributed by atoms with Gasteiger partial charge >= 0.3 is 0 Å². The standard InChI is InChI=1S/C16H31NO2/c1-13(18-3)6-7-15(17-2)14-8-11-19-16(12-14)9-4-5-10-16/h13-15,17H,4-12H2,1-3H3. The lowest BCUT2D eigenvalue weighted by molar-refractivity contribution is -0.0983. The van der Waals surface area contributed by atoms with Gasteiger partial charge in [-0.1, -0.05) is 12.8 Å². The molecule has 112 valence electrons. The van der Waals surface area contributed by atoms with Crippen molar-refractivity contribution in [2.75, 3.05) is 20.8 Å². The fourth-order valence-corrected chi connectivity index (χ4v) is 3.92. The van der Waals surface area contributed by atoms with Gasteiger partial charge in [-0.2, -0.15) is 0 Å². The Kier molecular flexibility index (Phi) is 5.67. The van der Waals surface area contributed by atoms with Crippen molar-refractivity contribution in [3.05, 3.63) is 0 Å². The lowest BCUT2D eigenvalue weighted by Gasteiger charge is -2.41. The molecule has 2 fully saturated rings. The van der Waals surface area contributed by atoms with Crippen LogP contribution in [0.2, 0.25) is 0 Å². The molecule has 2 aliphatic rings. The second-order valence-corrected chi connectivity index (χ2v) is 6.51. The molecule has 1 saturated carbocycles. The summed E-state index contributed by atoms with van der Waals surface area (Å²) in [5, 5.41) is 3.55. The number of methoxy groups -OCH3 is 1. The smallest absolute Gasteiger partial charge is 0.0685 e. The van der Waals surface area contributed by atoms with Gasteiger partial charge in [-0.05, 0) is 58.4 Å². The number of nitrogens with one attached hydrogen (secondary N) is 1. The number of ether oxygens (including phenoxy) is 2. The van der Waals surface area contributed by atoms with Crippen molar-refractivity contribution in [2.24, 2.45) is 5.92 Å². The van der Waals surface area contributed by atoms with Crippen molar-refractivity contribution in [2.45, 2.75) is 76.0 Å². The maximum atomic E-state index is 6.15. The molecule has 1 N–H and O–H groups in total. The molecular weight excluding hydrogens is 238 g/mol. The van der Waals surface area contributed by atoms with Crippen LogP contribution in [0.15, 0.2) is 0 Å². The Morgan fingerprint density at radius 2 is 2.05 bits per heavy atom. The average Bonchev–Trinajstić information content (AvgIpc) is 2.87. The molecule has 0 aromatic carbocycles. The third kappa shape index (κ3) is 3.93. The Labute approximate surface area is 118 Å². The van der Waals surface area contributed by atoms with Crippen molar-refractivity contribution in [3.63, 3.8) is 0 Å². The van der Waals surface area contributed by atoms with Crippen molar-refractivity contribution >= 4 is 0 Å². The summed E-state index contributed by atoms with van der Waals surface area (Å²) in [5.41, 5.74) is 0.241. The monoisotopic (exact) mass is 269 g/mol.